The van der Waals surface area contributed by atoms with Crippen molar-refractivity contribution in [3.05, 3.63) is 35.7 Å². The summed E-state index contributed by atoms with van der Waals surface area (Å²) in [4.78, 5) is 38.8. The smallest absolute Gasteiger partial charge is 0.329 e. The van der Waals surface area contributed by atoms with Gasteiger partial charge in [0.25, 0.3) is 5.91 Å². The molecule has 31 heavy (non-hydrogen) atoms. The van der Waals surface area contributed by atoms with Crippen LogP contribution < -0.4 is 25.2 Å². The van der Waals surface area contributed by atoms with Gasteiger partial charge in [-0.05, 0) is 55.9 Å². The minimum Gasteiger partial charge on any atom is -0.492 e. The number of nitrogens with one attached hydrogen (secondary N) is 2. The van der Waals surface area contributed by atoms with Gasteiger partial charge in [-0.1, -0.05) is 0 Å². The van der Waals surface area contributed by atoms with Crippen molar-refractivity contribution < 1.29 is 14.3 Å². The first-order chi connectivity index (χ1) is 15.2. The number of ether oxygens (including phenoxy) is 1. The van der Waals surface area contributed by atoms with Crippen molar-refractivity contribution >= 4 is 29.3 Å². The molecule has 0 unspecified atom stereocenters. The molecule has 5 heterocycles. The number of hydrogen-bond donors (Lipinski definition) is 2. The molecule has 2 fully saturated rings. The maximum Gasteiger partial charge on any atom is 0.329 e. The molecule has 0 aromatic carbocycles. The van der Waals surface area contributed by atoms with Crippen LogP contribution in [0.15, 0.2) is 24.4 Å². The third-order valence-corrected chi connectivity index (χ3v) is 6.35. The molecule has 1 saturated carbocycles. The third kappa shape index (κ3) is 3.34. The van der Waals surface area contributed by atoms with E-state index in [1.54, 1.807) is 17.2 Å². The zero-order valence-electron chi connectivity index (χ0n) is 17.1. The molecule has 2 N–H and O–H groups in total. The van der Waals surface area contributed by atoms with Gasteiger partial charge in [0.05, 0.1) is 24.5 Å². The Kier molecular flexibility index (Phi) is 4.22. The van der Waals surface area contributed by atoms with Crippen molar-refractivity contribution in [3.8, 4) is 5.75 Å². The number of hydrogen-bond acceptors (Lipinski definition) is 6. The molecule has 9 heteroatoms. The highest BCUT2D eigenvalue weighted by Crippen LogP contribution is 2.39. The Hall–Kier alpha value is -3.36. The second-order valence-corrected chi connectivity index (χ2v) is 8.60. The average Bonchev–Trinajstić information content (AvgIpc) is 3.51. The van der Waals surface area contributed by atoms with Crippen LogP contribution in [0, 0.1) is 0 Å². The second kappa shape index (κ2) is 7.11. The maximum atomic E-state index is 13.3. The van der Waals surface area contributed by atoms with Crippen molar-refractivity contribution in [3.63, 3.8) is 0 Å². The first-order valence-corrected chi connectivity index (χ1v) is 10.9. The van der Waals surface area contributed by atoms with E-state index in [0.29, 0.717) is 23.9 Å². The highest BCUT2D eigenvalue weighted by atomic mass is 16.5. The van der Waals surface area contributed by atoms with Gasteiger partial charge < -0.3 is 15.0 Å². The molecule has 3 amide bonds. The Morgan fingerprint density at radius 3 is 2.97 bits per heavy atom. The van der Waals surface area contributed by atoms with E-state index in [0.717, 1.165) is 62.2 Å². The van der Waals surface area contributed by atoms with E-state index in [2.05, 4.69) is 25.5 Å². The molecule has 4 aliphatic rings. The van der Waals surface area contributed by atoms with Crippen LogP contribution in [0.3, 0.4) is 0 Å². The Labute approximate surface area is 179 Å². The standard InChI is InChI=1S/C22H24N6O3/c29-21(24-14-3-4-14)16-5-6-17-20(25-16)28(15-7-8-27(17)12-15)22(30)26-19-10-13-2-1-9-31-18(13)11-23-19/h5-6,10-11,14-15H,1-4,7-9,12H2,(H,24,29)(H,23,26,30)/t15-/m0/s1. The fraction of sp³-hybridized carbons (Fsp3) is 0.455. The molecule has 160 valence electrons. The zero-order valence-corrected chi connectivity index (χ0v) is 17.1. The predicted molar refractivity (Wildman–Crippen MR) is 115 cm³/mol. The number of carbonyl (C=O) groups is 2. The number of aryl methyl sites for hydroxylation is 1. The lowest BCUT2D eigenvalue weighted by Crippen LogP contribution is -2.48. The molecule has 1 aliphatic carbocycles. The summed E-state index contributed by atoms with van der Waals surface area (Å²) in [6, 6.07) is 5.53. The number of pyridine rings is 2. The van der Waals surface area contributed by atoms with Crippen LogP contribution in [0.4, 0.5) is 22.1 Å². The number of anilines is 3. The lowest BCUT2D eigenvalue weighted by Gasteiger charge is -2.35. The average molecular weight is 420 g/mol. The number of urea groups is 1. The number of aromatic nitrogens is 2. The van der Waals surface area contributed by atoms with E-state index >= 15 is 0 Å². The number of rotatable bonds is 3. The minimum absolute atomic E-state index is 0.0164. The topological polar surface area (TPSA) is 99.7 Å². The van der Waals surface area contributed by atoms with Gasteiger partial charge in [0.2, 0.25) is 0 Å². The van der Waals surface area contributed by atoms with Gasteiger partial charge in [-0.2, -0.15) is 0 Å². The van der Waals surface area contributed by atoms with E-state index in [1.807, 2.05) is 12.1 Å². The van der Waals surface area contributed by atoms with Crippen LogP contribution in [0.5, 0.6) is 5.75 Å². The quantitative estimate of drug-likeness (QED) is 0.791. The third-order valence-electron chi connectivity index (χ3n) is 6.35. The van der Waals surface area contributed by atoms with E-state index in [1.165, 1.54) is 0 Å². The fourth-order valence-electron chi connectivity index (χ4n) is 4.58. The van der Waals surface area contributed by atoms with Crippen molar-refractivity contribution in [2.45, 2.75) is 44.2 Å². The molecule has 1 atom stereocenters. The molecule has 6 rings (SSSR count). The molecule has 0 radical (unpaired) electrons. The van der Waals surface area contributed by atoms with Gasteiger partial charge >= 0.3 is 6.03 Å². The van der Waals surface area contributed by atoms with E-state index in [9.17, 15) is 9.59 Å². The molecular formula is C22H24N6O3. The Morgan fingerprint density at radius 2 is 2.10 bits per heavy atom. The fourth-order valence-corrected chi connectivity index (χ4v) is 4.58. The summed E-state index contributed by atoms with van der Waals surface area (Å²) in [7, 11) is 0. The van der Waals surface area contributed by atoms with E-state index in [-0.39, 0.29) is 24.0 Å². The number of fused-ring (bicyclic) bond motifs is 5. The first-order valence-electron chi connectivity index (χ1n) is 10.9. The van der Waals surface area contributed by atoms with Crippen LogP contribution in [0.1, 0.15) is 41.7 Å². The van der Waals surface area contributed by atoms with Crippen LogP contribution in [-0.4, -0.2) is 53.7 Å². The largest absolute Gasteiger partial charge is 0.492 e. The highest BCUT2D eigenvalue weighted by Gasteiger charge is 2.41. The number of carbonyl (C=O) groups excluding carboxylic acids is 2. The van der Waals surface area contributed by atoms with Gasteiger partial charge in [0.15, 0.2) is 5.82 Å². The zero-order chi connectivity index (χ0) is 20.9. The van der Waals surface area contributed by atoms with Gasteiger partial charge in [-0.15, -0.1) is 0 Å². The predicted octanol–water partition coefficient (Wildman–Crippen LogP) is 2.32. The van der Waals surface area contributed by atoms with Gasteiger partial charge in [0.1, 0.15) is 17.3 Å². The Bertz CT molecular complexity index is 1070. The van der Waals surface area contributed by atoms with Crippen LogP contribution in [-0.2, 0) is 6.42 Å². The molecule has 3 aliphatic heterocycles. The lowest BCUT2D eigenvalue weighted by molar-refractivity contribution is 0.0946. The van der Waals surface area contributed by atoms with Gasteiger partial charge in [-0.25, -0.2) is 14.8 Å². The Balaban J connectivity index is 1.29. The van der Waals surface area contributed by atoms with Crippen molar-refractivity contribution in [2.75, 3.05) is 34.8 Å². The molecule has 2 bridgehead atoms. The van der Waals surface area contributed by atoms with Crippen molar-refractivity contribution in [1.82, 2.24) is 15.3 Å². The molecule has 0 spiro atoms. The summed E-state index contributed by atoms with van der Waals surface area (Å²) in [6.07, 6.45) is 6.42. The summed E-state index contributed by atoms with van der Waals surface area (Å²) in [6.45, 7) is 2.33. The summed E-state index contributed by atoms with van der Waals surface area (Å²) >= 11 is 0. The molecule has 2 aromatic heterocycles. The number of nitrogens with zero attached hydrogens (tertiary/aromatic N) is 4. The van der Waals surface area contributed by atoms with Gasteiger partial charge in [-0.3, -0.25) is 15.0 Å². The SMILES string of the molecule is O=C(NC1CC1)c1ccc2c(n1)N(C(=O)Nc1cc3c(cn1)OCCC3)[C@H]1CCN2C1. The number of amides is 3. The van der Waals surface area contributed by atoms with Crippen molar-refractivity contribution in [1.29, 1.82) is 0 Å². The van der Waals surface area contributed by atoms with Crippen LogP contribution in [0.2, 0.25) is 0 Å². The van der Waals surface area contributed by atoms with Crippen LogP contribution in [0.25, 0.3) is 0 Å². The van der Waals surface area contributed by atoms with E-state index < -0.39 is 0 Å². The van der Waals surface area contributed by atoms with Crippen molar-refractivity contribution in [2.24, 2.45) is 0 Å². The molecule has 9 nitrogen and oxygen atoms in total. The lowest BCUT2D eigenvalue weighted by atomic mass is 10.1. The summed E-state index contributed by atoms with van der Waals surface area (Å²) in [5.74, 6) is 1.64. The summed E-state index contributed by atoms with van der Waals surface area (Å²) < 4.78 is 5.61. The monoisotopic (exact) mass is 420 g/mol. The van der Waals surface area contributed by atoms with Crippen LogP contribution >= 0.6 is 0 Å². The minimum atomic E-state index is -0.274. The second-order valence-electron chi connectivity index (χ2n) is 8.60. The summed E-state index contributed by atoms with van der Waals surface area (Å²) in [5.41, 5.74) is 2.29. The maximum absolute atomic E-state index is 13.3. The summed E-state index contributed by atoms with van der Waals surface area (Å²) in [5, 5.41) is 5.91. The Morgan fingerprint density at radius 1 is 1.19 bits per heavy atom. The highest BCUT2D eigenvalue weighted by molar-refractivity contribution is 6.05. The normalized spacial score (nSPS) is 21.1. The first kappa shape index (κ1) is 18.4. The molecular weight excluding hydrogens is 396 g/mol. The molecule has 2 aromatic rings. The van der Waals surface area contributed by atoms with Gasteiger partial charge in [0, 0.05) is 19.1 Å². The molecule has 1 saturated heterocycles. The van der Waals surface area contributed by atoms with E-state index in [4.69, 9.17) is 4.74 Å².